The Morgan fingerprint density at radius 2 is 2.00 bits per heavy atom. The van der Waals surface area contributed by atoms with Gasteiger partial charge in [-0.3, -0.25) is 0 Å². The molecule has 0 saturated carbocycles. The first-order valence-electron chi connectivity index (χ1n) is 5.85. The molecule has 19 heavy (non-hydrogen) atoms. The number of thiophene rings is 1. The molecule has 0 atom stereocenters. The fourth-order valence-electron chi connectivity index (χ4n) is 1.93. The van der Waals surface area contributed by atoms with E-state index < -0.39 is 0 Å². The summed E-state index contributed by atoms with van der Waals surface area (Å²) in [4.78, 5) is 11.6. The molecule has 0 aliphatic heterocycles. The van der Waals surface area contributed by atoms with Crippen molar-refractivity contribution in [2.75, 3.05) is 0 Å². The van der Waals surface area contributed by atoms with Crippen LogP contribution in [0, 0.1) is 4.91 Å². The molecule has 2 aromatic heterocycles. The standard InChI is InChI=1S/C14H11N3OS/c18-15-9-11-10-17(12-5-2-1-3-6-12)16-14(11)13-7-4-8-19-13/h1-8,10H,9H2. The van der Waals surface area contributed by atoms with Crippen molar-refractivity contribution in [1.82, 2.24) is 9.78 Å². The molecule has 0 radical (unpaired) electrons. The van der Waals surface area contributed by atoms with Gasteiger partial charge in [0.25, 0.3) is 0 Å². The molecule has 0 unspecified atom stereocenters. The quantitative estimate of drug-likeness (QED) is 0.675. The van der Waals surface area contributed by atoms with E-state index >= 15 is 0 Å². The molecular formula is C14H11N3OS. The van der Waals surface area contributed by atoms with Crippen LogP contribution in [-0.4, -0.2) is 9.78 Å². The molecular weight excluding hydrogens is 258 g/mol. The van der Waals surface area contributed by atoms with Crippen molar-refractivity contribution in [1.29, 1.82) is 0 Å². The van der Waals surface area contributed by atoms with Crippen LogP contribution in [0.2, 0.25) is 0 Å². The van der Waals surface area contributed by atoms with Crippen LogP contribution >= 0.6 is 11.3 Å². The molecule has 0 spiro atoms. The Labute approximate surface area is 114 Å². The highest BCUT2D eigenvalue weighted by Gasteiger charge is 2.12. The van der Waals surface area contributed by atoms with Crippen LogP contribution < -0.4 is 0 Å². The predicted octanol–water partition coefficient (Wildman–Crippen LogP) is 3.87. The summed E-state index contributed by atoms with van der Waals surface area (Å²) >= 11 is 1.61. The SMILES string of the molecule is O=NCc1cn(-c2ccccc2)nc1-c1cccs1. The number of hydrogen-bond acceptors (Lipinski definition) is 4. The Morgan fingerprint density at radius 1 is 1.16 bits per heavy atom. The number of nitroso groups, excluding NO2 is 1. The maximum atomic E-state index is 10.6. The van der Waals surface area contributed by atoms with Gasteiger partial charge in [-0.1, -0.05) is 29.4 Å². The number of para-hydroxylation sites is 1. The minimum Gasteiger partial charge on any atom is -0.240 e. The molecule has 3 aromatic rings. The fourth-order valence-corrected chi connectivity index (χ4v) is 2.67. The Kier molecular flexibility index (Phi) is 3.20. The third-order valence-corrected chi connectivity index (χ3v) is 3.68. The van der Waals surface area contributed by atoms with Gasteiger partial charge in [0.2, 0.25) is 0 Å². The molecule has 0 N–H and O–H groups in total. The molecule has 0 amide bonds. The van der Waals surface area contributed by atoms with Gasteiger partial charge < -0.3 is 0 Å². The summed E-state index contributed by atoms with van der Waals surface area (Å²) in [6.45, 7) is 0.139. The highest BCUT2D eigenvalue weighted by Crippen LogP contribution is 2.28. The van der Waals surface area contributed by atoms with Gasteiger partial charge in [-0.2, -0.15) is 10.0 Å². The summed E-state index contributed by atoms with van der Waals surface area (Å²) in [6.07, 6.45) is 1.87. The zero-order valence-corrected chi connectivity index (χ0v) is 10.9. The van der Waals surface area contributed by atoms with Crippen molar-refractivity contribution in [3.63, 3.8) is 0 Å². The second-order valence-electron chi connectivity index (χ2n) is 4.05. The minimum atomic E-state index is 0.139. The van der Waals surface area contributed by atoms with Crippen molar-refractivity contribution >= 4 is 11.3 Å². The summed E-state index contributed by atoms with van der Waals surface area (Å²) in [5, 5.41) is 9.55. The summed E-state index contributed by atoms with van der Waals surface area (Å²) in [5.74, 6) is 0. The van der Waals surface area contributed by atoms with E-state index in [9.17, 15) is 4.91 Å². The summed E-state index contributed by atoms with van der Waals surface area (Å²) in [6, 6.07) is 13.8. The van der Waals surface area contributed by atoms with Gasteiger partial charge in [-0.15, -0.1) is 11.3 Å². The lowest BCUT2D eigenvalue weighted by molar-refractivity contribution is 0.883. The third kappa shape index (κ3) is 2.32. The molecule has 0 aliphatic carbocycles. The molecule has 0 saturated heterocycles. The molecule has 3 rings (SSSR count). The molecule has 5 heteroatoms. The highest BCUT2D eigenvalue weighted by molar-refractivity contribution is 7.13. The monoisotopic (exact) mass is 269 g/mol. The number of hydrogen-bond donors (Lipinski definition) is 0. The number of nitrogens with zero attached hydrogens (tertiary/aromatic N) is 3. The van der Waals surface area contributed by atoms with Crippen LogP contribution in [0.25, 0.3) is 16.3 Å². The van der Waals surface area contributed by atoms with Crippen molar-refractivity contribution in [2.45, 2.75) is 6.54 Å². The minimum absolute atomic E-state index is 0.139. The normalized spacial score (nSPS) is 10.5. The first kappa shape index (κ1) is 11.8. The van der Waals surface area contributed by atoms with Crippen LogP contribution in [-0.2, 0) is 6.54 Å². The summed E-state index contributed by atoms with van der Waals surface area (Å²) < 4.78 is 1.79. The second-order valence-corrected chi connectivity index (χ2v) is 5.00. The van der Waals surface area contributed by atoms with Crippen LogP contribution in [0.1, 0.15) is 5.56 Å². The van der Waals surface area contributed by atoms with Gasteiger partial charge >= 0.3 is 0 Å². The molecule has 0 bridgehead atoms. The van der Waals surface area contributed by atoms with Crippen molar-refractivity contribution in [3.05, 3.63) is 64.5 Å². The van der Waals surface area contributed by atoms with Crippen LogP contribution in [0.15, 0.2) is 59.2 Å². The van der Waals surface area contributed by atoms with E-state index in [4.69, 9.17) is 0 Å². The van der Waals surface area contributed by atoms with E-state index in [0.29, 0.717) is 0 Å². The third-order valence-electron chi connectivity index (χ3n) is 2.80. The molecule has 2 heterocycles. The van der Waals surface area contributed by atoms with Crippen LogP contribution in [0.4, 0.5) is 0 Å². The largest absolute Gasteiger partial charge is 0.240 e. The van der Waals surface area contributed by atoms with Crippen molar-refractivity contribution in [3.8, 4) is 16.3 Å². The predicted molar refractivity (Wildman–Crippen MR) is 76.4 cm³/mol. The lowest BCUT2D eigenvalue weighted by Crippen LogP contribution is -1.93. The smallest absolute Gasteiger partial charge is 0.110 e. The Hall–Kier alpha value is -2.27. The summed E-state index contributed by atoms with van der Waals surface area (Å²) in [5.41, 5.74) is 2.65. The van der Waals surface area contributed by atoms with Gasteiger partial charge in [0.15, 0.2) is 0 Å². The number of benzene rings is 1. The molecule has 1 aromatic carbocycles. The average Bonchev–Trinajstić information content (AvgIpc) is 3.09. The number of aromatic nitrogens is 2. The first-order valence-corrected chi connectivity index (χ1v) is 6.73. The van der Waals surface area contributed by atoms with Gasteiger partial charge in [-0.05, 0) is 23.6 Å². The lowest BCUT2D eigenvalue weighted by Gasteiger charge is -1.99. The maximum Gasteiger partial charge on any atom is 0.110 e. The van der Waals surface area contributed by atoms with Gasteiger partial charge in [-0.25, -0.2) is 4.68 Å². The van der Waals surface area contributed by atoms with E-state index in [1.165, 1.54) is 0 Å². The average molecular weight is 269 g/mol. The number of rotatable bonds is 4. The second kappa shape index (κ2) is 5.16. The Morgan fingerprint density at radius 3 is 2.68 bits per heavy atom. The Bertz CT molecular complexity index is 674. The van der Waals surface area contributed by atoms with Gasteiger partial charge in [0, 0.05) is 11.8 Å². The Balaban J connectivity index is 2.09. The van der Waals surface area contributed by atoms with Crippen LogP contribution in [0.3, 0.4) is 0 Å². The van der Waals surface area contributed by atoms with Crippen molar-refractivity contribution < 1.29 is 0 Å². The van der Waals surface area contributed by atoms with E-state index in [2.05, 4.69) is 10.3 Å². The maximum absolute atomic E-state index is 10.6. The first-order chi connectivity index (χ1) is 9.38. The fraction of sp³-hybridized carbons (Fsp3) is 0.0714. The van der Waals surface area contributed by atoms with E-state index in [1.807, 2.05) is 54.0 Å². The summed E-state index contributed by atoms with van der Waals surface area (Å²) in [7, 11) is 0. The van der Waals surface area contributed by atoms with E-state index in [0.717, 1.165) is 21.8 Å². The van der Waals surface area contributed by atoms with E-state index in [-0.39, 0.29) is 6.54 Å². The highest BCUT2D eigenvalue weighted by atomic mass is 32.1. The van der Waals surface area contributed by atoms with Crippen molar-refractivity contribution in [2.24, 2.45) is 5.18 Å². The molecule has 4 nitrogen and oxygen atoms in total. The topological polar surface area (TPSA) is 47.2 Å². The van der Waals surface area contributed by atoms with Crippen LogP contribution in [0.5, 0.6) is 0 Å². The molecule has 0 fully saturated rings. The zero-order valence-electron chi connectivity index (χ0n) is 10.1. The van der Waals surface area contributed by atoms with Gasteiger partial charge in [0.05, 0.1) is 10.6 Å². The molecule has 94 valence electrons. The van der Waals surface area contributed by atoms with E-state index in [1.54, 1.807) is 16.0 Å². The van der Waals surface area contributed by atoms with Gasteiger partial charge in [0.1, 0.15) is 12.2 Å². The molecule has 0 aliphatic rings. The zero-order chi connectivity index (χ0) is 13.1. The lowest BCUT2D eigenvalue weighted by atomic mass is 10.2.